The zero-order chi connectivity index (χ0) is 33.8. The summed E-state index contributed by atoms with van der Waals surface area (Å²) in [5.74, 6) is -0.820. The van der Waals surface area contributed by atoms with E-state index >= 15 is 0 Å². The fraction of sp³-hybridized carbons (Fsp3) is 0.447. The van der Waals surface area contributed by atoms with Crippen molar-refractivity contribution < 1.29 is 24.2 Å². The molecule has 1 saturated heterocycles. The van der Waals surface area contributed by atoms with E-state index < -0.39 is 35.7 Å². The fourth-order valence-corrected chi connectivity index (χ4v) is 7.06. The number of rotatable bonds is 11. The standard InChI is InChI=1S/C38H47N5O5/c1-38(2,3)41-36(47)32-24-42(22-26-18-28-13-16-48-37(28)39-21-26)14-15-43(32)23-30(44)19-29(17-25-9-5-4-6-10-25)35(46)40-34-31-12-8-7-11-27(31)20-33(34)45/h4-13,16,18,21,29-30,32-34,44-45H,14-15,17,19-20,22-24H2,1-3H3,(H,40,46)(H,41,47)/t29-,30-,32-,33+,34-/m0/s1. The number of furan rings is 1. The molecule has 1 aliphatic heterocycles. The molecule has 0 bridgehead atoms. The van der Waals surface area contributed by atoms with Crippen LogP contribution in [0.15, 0.2) is 83.6 Å². The Morgan fingerprint density at radius 3 is 2.60 bits per heavy atom. The van der Waals surface area contributed by atoms with Gasteiger partial charge in [0.05, 0.1) is 24.5 Å². The molecule has 0 unspecified atom stereocenters. The molecule has 4 N–H and O–H groups in total. The molecule has 2 amide bonds. The number of aliphatic hydroxyl groups excluding tert-OH is 2. The van der Waals surface area contributed by atoms with Crippen LogP contribution in [-0.4, -0.2) is 86.8 Å². The number of aliphatic hydroxyl groups is 2. The highest BCUT2D eigenvalue weighted by atomic mass is 16.3. The lowest BCUT2D eigenvalue weighted by molar-refractivity contribution is -0.132. The third kappa shape index (κ3) is 8.30. The molecule has 4 aromatic rings. The number of aromatic nitrogens is 1. The van der Waals surface area contributed by atoms with E-state index in [2.05, 4.69) is 26.6 Å². The van der Waals surface area contributed by atoms with Gasteiger partial charge in [-0.2, -0.15) is 0 Å². The van der Waals surface area contributed by atoms with Crippen molar-refractivity contribution in [3.05, 3.63) is 101 Å². The summed E-state index contributed by atoms with van der Waals surface area (Å²) in [6.45, 7) is 8.56. The van der Waals surface area contributed by atoms with Crippen molar-refractivity contribution in [3.8, 4) is 0 Å². The summed E-state index contributed by atoms with van der Waals surface area (Å²) >= 11 is 0. The lowest BCUT2D eigenvalue weighted by Gasteiger charge is -2.42. The van der Waals surface area contributed by atoms with Gasteiger partial charge in [-0.1, -0.05) is 54.6 Å². The van der Waals surface area contributed by atoms with Gasteiger partial charge in [0.1, 0.15) is 6.04 Å². The minimum atomic E-state index is -0.852. The van der Waals surface area contributed by atoms with Crippen molar-refractivity contribution in [1.82, 2.24) is 25.4 Å². The predicted octanol–water partition coefficient (Wildman–Crippen LogP) is 3.61. The zero-order valence-corrected chi connectivity index (χ0v) is 28.0. The summed E-state index contributed by atoms with van der Waals surface area (Å²) in [5.41, 5.74) is 4.19. The quantitative estimate of drug-likeness (QED) is 0.193. The van der Waals surface area contributed by atoms with Crippen LogP contribution in [-0.2, 0) is 29.0 Å². The smallest absolute Gasteiger partial charge is 0.239 e. The van der Waals surface area contributed by atoms with Gasteiger partial charge in [0.15, 0.2) is 0 Å². The van der Waals surface area contributed by atoms with Crippen molar-refractivity contribution in [2.24, 2.45) is 5.92 Å². The first-order valence-electron chi connectivity index (χ1n) is 16.9. The van der Waals surface area contributed by atoms with Crippen LogP contribution in [0, 0.1) is 5.92 Å². The highest BCUT2D eigenvalue weighted by Gasteiger charge is 2.37. The number of carbonyl (C=O) groups excluding carboxylic acids is 2. The van der Waals surface area contributed by atoms with Gasteiger partial charge in [0, 0.05) is 62.2 Å². The number of piperazine rings is 1. The molecule has 2 aromatic carbocycles. The van der Waals surface area contributed by atoms with Gasteiger partial charge in [-0.05, 0) is 68.0 Å². The minimum absolute atomic E-state index is 0.0877. The molecular formula is C38H47N5O5. The molecule has 48 heavy (non-hydrogen) atoms. The molecule has 1 aliphatic carbocycles. The van der Waals surface area contributed by atoms with E-state index in [1.807, 2.05) is 92.5 Å². The van der Waals surface area contributed by atoms with E-state index in [1.54, 1.807) is 6.26 Å². The van der Waals surface area contributed by atoms with Crippen molar-refractivity contribution in [2.75, 3.05) is 26.2 Å². The molecule has 254 valence electrons. The van der Waals surface area contributed by atoms with Gasteiger partial charge >= 0.3 is 0 Å². The topological polar surface area (TPSA) is 131 Å². The maximum Gasteiger partial charge on any atom is 0.239 e. The number of nitrogens with zero attached hydrogens (tertiary/aromatic N) is 3. The first kappa shape index (κ1) is 33.8. The molecule has 2 aromatic heterocycles. The largest absolute Gasteiger partial charge is 0.446 e. The number of β-amino-alcohol motifs (C(OH)–C–C–N with tert-alkyl or cyclic N) is 1. The molecule has 6 rings (SSSR count). The Morgan fingerprint density at radius 1 is 1.04 bits per heavy atom. The first-order chi connectivity index (χ1) is 23.0. The summed E-state index contributed by atoms with van der Waals surface area (Å²) in [6, 6.07) is 20.6. The second kappa shape index (κ2) is 14.6. The van der Waals surface area contributed by atoms with Gasteiger partial charge < -0.3 is 25.3 Å². The van der Waals surface area contributed by atoms with Gasteiger partial charge in [-0.3, -0.25) is 19.4 Å². The van der Waals surface area contributed by atoms with Crippen molar-refractivity contribution in [1.29, 1.82) is 0 Å². The van der Waals surface area contributed by atoms with Crippen LogP contribution >= 0.6 is 0 Å². The lowest BCUT2D eigenvalue weighted by atomic mass is 9.91. The number of fused-ring (bicyclic) bond motifs is 2. The van der Waals surface area contributed by atoms with Crippen molar-refractivity contribution in [2.45, 2.75) is 76.4 Å². The van der Waals surface area contributed by atoms with Crippen LogP contribution in [0.3, 0.4) is 0 Å². The molecule has 1 fully saturated rings. The van der Waals surface area contributed by atoms with E-state index in [4.69, 9.17) is 4.42 Å². The second-order valence-corrected chi connectivity index (χ2v) is 14.4. The second-order valence-electron chi connectivity index (χ2n) is 14.4. The molecule has 10 nitrogen and oxygen atoms in total. The summed E-state index contributed by atoms with van der Waals surface area (Å²) < 4.78 is 5.39. The van der Waals surface area contributed by atoms with Gasteiger partial charge in [-0.15, -0.1) is 0 Å². The number of hydrogen-bond acceptors (Lipinski definition) is 8. The minimum Gasteiger partial charge on any atom is -0.446 e. The molecule has 2 aliphatic rings. The average Bonchev–Trinajstić information content (AvgIpc) is 3.64. The monoisotopic (exact) mass is 653 g/mol. The number of hydrogen-bond donors (Lipinski definition) is 4. The Bertz CT molecular complexity index is 1700. The molecule has 0 spiro atoms. The van der Waals surface area contributed by atoms with Crippen LogP contribution in [0.1, 0.15) is 55.5 Å². The zero-order valence-electron chi connectivity index (χ0n) is 28.0. The highest BCUT2D eigenvalue weighted by molar-refractivity contribution is 5.83. The third-order valence-electron chi connectivity index (χ3n) is 9.34. The third-order valence-corrected chi connectivity index (χ3v) is 9.34. The maximum absolute atomic E-state index is 13.9. The molecular weight excluding hydrogens is 606 g/mol. The Morgan fingerprint density at radius 2 is 1.81 bits per heavy atom. The normalized spacial score (nSPS) is 21.5. The fourth-order valence-electron chi connectivity index (χ4n) is 7.06. The van der Waals surface area contributed by atoms with E-state index in [0.717, 1.165) is 27.6 Å². The molecule has 5 atom stereocenters. The van der Waals surface area contributed by atoms with E-state index in [1.165, 1.54) is 0 Å². The summed E-state index contributed by atoms with van der Waals surface area (Å²) in [7, 11) is 0. The lowest BCUT2D eigenvalue weighted by Crippen LogP contribution is -2.61. The molecule has 0 saturated carbocycles. The van der Waals surface area contributed by atoms with Gasteiger partial charge in [0.2, 0.25) is 17.5 Å². The molecule has 10 heteroatoms. The van der Waals surface area contributed by atoms with E-state index in [9.17, 15) is 19.8 Å². The summed E-state index contributed by atoms with van der Waals surface area (Å²) in [5, 5.41) is 29.6. The van der Waals surface area contributed by atoms with Crippen LogP contribution in [0.5, 0.6) is 0 Å². The Labute approximate surface area is 282 Å². The maximum atomic E-state index is 13.9. The van der Waals surface area contributed by atoms with Crippen LogP contribution in [0.2, 0.25) is 0 Å². The first-order valence-corrected chi connectivity index (χ1v) is 16.9. The number of pyridine rings is 1. The van der Waals surface area contributed by atoms with Crippen molar-refractivity contribution in [3.63, 3.8) is 0 Å². The average molecular weight is 654 g/mol. The molecule has 0 radical (unpaired) electrons. The number of carbonyl (C=O) groups is 2. The van der Waals surface area contributed by atoms with Crippen LogP contribution < -0.4 is 10.6 Å². The summed E-state index contributed by atoms with van der Waals surface area (Å²) in [4.78, 5) is 36.2. The van der Waals surface area contributed by atoms with Crippen LogP contribution in [0.25, 0.3) is 11.1 Å². The van der Waals surface area contributed by atoms with Crippen LogP contribution in [0.4, 0.5) is 0 Å². The Kier molecular flexibility index (Phi) is 10.3. The van der Waals surface area contributed by atoms with Gasteiger partial charge in [-0.25, -0.2) is 4.98 Å². The molecule has 3 heterocycles. The Balaban J connectivity index is 1.15. The van der Waals surface area contributed by atoms with Gasteiger partial charge in [0.25, 0.3) is 0 Å². The number of benzene rings is 2. The summed E-state index contributed by atoms with van der Waals surface area (Å²) in [6.07, 6.45) is 3.04. The number of amides is 2. The Hall–Kier alpha value is -4.09. The van der Waals surface area contributed by atoms with E-state index in [0.29, 0.717) is 44.7 Å². The SMILES string of the molecule is CC(C)(C)NC(=O)[C@@H]1CN(Cc2cnc3occc3c2)CCN1C[C@@H](O)C[C@H](Cc1ccccc1)C(=O)N[C@H]1c2ccccc2C[C@H]1O. The highest BCUT2D eigenvalue weighted by Crippen LogP contribution is 2.32. The van der Waals surface area contributed by atoms with Crippen molar-refractivity contribution >= 4 is 22.9 Å². The number of nitrogens with one attached hydrogen (secondary N) is 2. The predicted molar refractivity (Wildman–Crippen MR) is 184 cm³/mol. The van der Waals surface area contributed by atoms with E-state index in [-0.39, 0.29) is 24.8 Å².